The fourth-order valence-electron chi connectivity index (χ4n) is 5.01. The maximum atomic E-state index is 12.5. The third kappa shape index (κ3) is 4.96. The van der Waals surface area contributed by atoms with Crippen LogP contribution in [0.3, 0.4) is 0 Å². The van der Waals surface area contributed by atoms with Gasteiger partial charge in [-0.05, 0) is 61.2 Å². The second-order valence-electron chi connectivity index (χ2n) is 9.38. The van der Waals surface area contributed by atoms with Crippen LogP contribution in [0, 0.1) is 0 Å². The Morgan fingerprint density at radius 2 is 2.05 bits per heavy atom. The Balaban J connectivity index is 1.19. The quantitative estimate of drug-likeness (QED) is 0.322. The van der Waals surface area contributed by atoms with Crippen LogP contribution < -0.4 is 19.5 Å². The van der Waals surface area contributed by atoms with E-state index in [1.807, 2.05) is 41.0 Å². The number of fused-ring (bicyclic) bond motifs is 3. The van der Waals surface area contributed by atoms with Crippen LogP contribution in [-0.4, -0.2) is 47.1 Å². The number of aromatic nitrogens is 3. The van der Waals surface area contributed by atoms with Crippen molar-refractivity contribution >= 4 is 22.8 Å². The molecule has 2 aliphatic heterocycles. The average molecular weight is 515 g/mol. The fourth-order valence-corrected chi connectivity index (χ4v) is 5.01. The molecule has 0 fully saturated rings. The topological polar surface area (TPSA) is 96.7 Å². The summed E-state index contributed by atoms with van der Waals surface area (Å²) in [6.45, 7) is 3.82. The van der Waals surface area contributed by atoms with E-state index in [9.17, 15) is 4.79 Å². The maximum Gasteiger partial charge on any atom is 0.308 e. The Morgan fingerprint density at radius 1 is 1.13 bits per heavy atom. The molecule has 196 valence electrons. The number of esters is 1. The van der Waals surface area contributed by atoms with Crippen molar-refractivity contribution in [3.8, 4) is 17.2 Å². The number of ether oxygens (including phenoxy) is 4. The van der Waals surface area contributed by atoms with E-state index in [1.54, 1.807) is 13.3 Å². The normalized spacial score (nSPS) is 14.6. The zero-order valence-corrected chi connectivity index (χ0v) is 21.3. The van der Waals surface area contributed by atoms with Crippen molar-refractivity contribution in [3.05, 3.63) is 71.7 Å². The lowest BCUT2D eigenvalue weighted by molar-refractivity contribution is -0.143. The van der Waals surface area contributed by atoms with Crippen molar-refractivity contribution in [2.45, 2.75) is 38.6 Å². The first kappa shape index (κ1) is 24.1. The highest BCUT2D eigenvalue weighted by molar-refractivity contribution is 5.78. The lowest BCUT2D eigenvalue weighted by Gasteiger charge is -2.20. The molecule has 0 saturated carbocycles. The first-order valence-corrected chi connectivity index (χ1v) is 13.0. The SMILES string of the molecule is CCOC(=O)CC(c1ccc2c(c1)OCO2)n1cnc2cc(OCCc3ccc4c(n3)NCCC4)ccc21. The zero-order valence-electron chi connectivity index (χ0n) is 21.3. The van der Waals surface area contributed by atoms with Gasteiger partial charge in [0.25, 0.3) is 0 Å². The number of benzene rings is 2. The molecule has 2 aromatic heterocycles. The van der Waals surface area contributed by atoms with Crippen LogP contribution in [0.25, 0.3) is 11.0 Å². The Kier molecular flexibility index (Phi) is 6.73. The third-order valence-corrected chi connectivity index (χ3v) is 6.91. The van der Waals surface area contributed by atoms with E-state index in [4.69, 9.17) is 23.9 Å². The predicted molar refractivity (Wildman–Crippen MR) is 142 cm³/mol. The van der Waals surface area contributed by atoms with Gasteiger partial charge in [0, 0.05) is 24.7 Å². The Hall–Kier alpha value is -4.27. The summed E-state index contributed by atoms with van der Waals surface area (Å²) < 4.78 is 24.3. The molecular formula is C29H30N4O5. The summed E-state index contributed by atoms with van der Waals surface area (Å²) in [6, 6.07) is 15.5. The molecule has 0 aliphatic carbocycles. The van der Waals surface area contributed by atoms with E-state index in [-0.39, 0.29) is 25.2 Å². The number of imidazole rings is 1. The van der Waals surface area contributed by atoms with Crippen molar-refractivity contribution in [3.63, 3.8) is 0 Å². The molecule has 1 unspecified atom stereocenters. The molecule has 0 radical (unpaired) electrons. The van der Waals surface area contributed by atoms with E-state index >= 15 is 0 Å². The molecule has 2 aromatic carbocycles. The minimum atomic E-state index is -0.316. The Bertz CT molecular complexity index is 1470. The minimum Gasteiger partial charge on any atom is -0.493 e. The van der Waals surface area contributed by atoms with Crippen LogP contribution in [-0.2, 0) is 22.4 Å². The first-order chi connectivity index (χ1) is 18.7. The van der Waals surface area contributed by atoms with Gasteiger partial charge in [-0.1, -0.05) is 12.1 Å². The van der Waals surface area contributed by atoms with Crippen LogP contribution in [0.2, 0.25) is 0 Å². The van der Waals surface area contributed by atoms with Crippen LogP contribution in [0.4, 0.5) is 5.82 Å². The van der Waals surface area contributed by atoms with Gasteiger partial charge in [0.15, 0.2) is 11.5 Å². The van der Waals surface area contributed by atoms with Crippen molar-refractivity contribution < 1.29 is 23.7 Å². The van der Waals surface area contributed by atoms with Gasteiger partial charge in [-0.25, -0.2) is 9.97 Å². The van der Waals surface area contributed by atoms with E-state index in [0.29, 0.717) is 31.1 Å². The number of carbonyl (C=O) groups excluding carboxylic acids is 1. The van der Waals surface area contributed by atoms with Gasteiger partial charge in [0.1, 0.15) is 11.6 Å². The van der Waals surface area contributed by atoms with Gasteiger partial charge >= 0.3 is 5.97 Å². The van der Waals surface area contributed by atoms with Crippen LogP contribution in [0.15, 0.2) is 54.9 Å². The molecule has 1 atom stereocenters. The molecule has 0 bridgehead atoms. The van der Waals surface area contributed by atoms with Crippen molar-refractivity contribution in [1.29, 1.82) is 0 Å². The summed E-state index contributed by atoms with van der Waals surface area (Å²) in [5.41, 5.74) is 4.88. The lowest BCUT2D eigenvalue weighted by atomic mass is 10.0. The Morgan fingerprint density at radius 3 is 2.97 bits per heavy atom. The van der Waals surface area contributed by atoms with Gasteiger partial charge in [-0.3, -0.25) is 4.79 Å². The van der Waals surface area contributed by atoms with E-state index in [1.165, 1.54) is 5.56 Å². The van der Waals surface area contributed by atoms with E-state index in [0.717, 1.165) is 53.2 Å². The summed E-state index contributed by atoms with van der Waals surface area (Å²) in [6.07, 6.45) is 4.86. The number of rotatable bonds is 9. The minimum absolute atomic E-state index is 0.166. The van der Waals surface area contributed by atoms with Crippen molar-refractivity contribution in [2.24, 2.45) is 0 Å². The number of nitrogens with one attached hydrogen (secondary N) is 1. The molecule has 9 nitrogen and oxygen atoms in total. The number of carbonyl (C=O) groups is 1. The molecular weight excluding hydrogens is 484 g/mol. The lowest BCUT2D eigenvalue weighted by Crippen LogP contribution is -2.16. The second-order valence-corrected chi connectivity index (χ2v) is 9.38. The number of aryl methyl sites for hydroxylation is 1. The molecule has 2 aliphatic rings. The predicted octanol–water partition coefficient (Wildman–Crippen LogP) is 4.68. The summed E-state index contributed by atoms with van der Waals surface area (Å²) >= 11 is 0. The molecule has 38 heavy (non-hydrogen) atoms. The highest BCUT2D eigenvalue weighted by Gasteiger charge is 2.24. The Labute approximate surface area is 220 Å². The van der Waals surface area contributed by atoms with Gasteiger partial charge < -0.3 is 28.8 Å². The largest absolute Gasteiger partial charge is 0.493 e. The first-order valence-electron chi connectivity index (χ1n) is 13.0. The molecule has 0 saturated heterocycles. The molecule has 9 heteroatoms. The molecule has 0 spiro atoms. The number of anilines is 1. The van der Waals surface area contributed by atoms with Gasteiger partial charge in [0.05, 0.1) is 43.0 Å². The smallest absolute Gasteiger partial charge is 0.308 e. The van der Waals surface area contributed by atoms with Gasteiger partial charge in [-0.15, -0.1) is 0 Å². The molecule has 4 aromatic rings. The molecule has 0 amide bonds. The van der Waals surface area contributed by atoms with E-state index in [2.05, 4.69) is 22.4 Å². The molecule has 4 heterocycles. The third-order valence-electron chi connectivity index (χ3n) is 6.91. The molecule has 1 N–H and O–H groups in total. The fraction of sp³-hybridized carbons (Fsp3) is 0.345. The summed E-state index contributed by atoms with van der Waals surface area (Å²) in [5, 5.41) is 3.38. The number of hydrogen-bond acceptors (Lipinski definition) is 8. The summed E-state index contributed by atoms with van der Waals surface area (Å²) in [4.78, 5) is 21.9. The van der Waals surface area contributed by atoms with Crippen LogP contribution >= 0.6 is 0 Å². The average Bonchev–Trinajstić information content (AvgIpc) is 3.58. The monoisotopic (exact) mass is 514 g/mol. The van der Waals surface area contributed by atoms with Gasteiger partial charge in [-0.2, -0.15) is 0 Å². The summed E-state index contributed by atoms with van der Waals surface area (Å²) in [5.74, 6) is 2.83. The zero-order chi connectivity index (χ0) is 25.9. The van der Waals surface area contributed by atoms with Crippen molar-refractivity contribution in [2.75, 3.05) is 31.9 Å². The molecule has 6 rings (SSSR count). The maximum absolute atomic E-state index is 12.5. The second kappa shape index (κ2) is 10.6. The van der Waals surface area contributed by atoms with E-state index < -0.39 is 0 Å². The summed E-state index contributed by atoms with van der Waals surface area (Å²) in [7, 11) is 0. The van der Waals surface area contributed by atoms with Gasteiger partial charge in [0.2, 0.25) is 6.79 Å². The standard InChI is InChI=1S/C29H30N4O5/c1-2-35-28(34)16-25(20-6-10-26-27(14-20)38-18-37-26)33-17-31-23-15-22(8-9-24(23)33)36-13-11-21-7-5-19-4-3-12-30-29(19)32-21/h5-10,14-15,17,25H,2-4,11-13,16,18H2,1H3,(H,30,32). The number of nitrogens with zero attached hydrogens (tertiary/aromatic N) is 3. The highest BCUT2D eigenvalue weighted by atomic mass is 16.7. The highest BCUT2D eigenvalue weighted by Crippen LogP contribution is 2.37. The number of hydrogen-bond donors (Lipinski definition) is 1. The van der Waals surface area contributed by atoms with Crippen LogP contribution in [0.5, 0.6) is 17.2 Å². The van der Waals surface area contributed by atoms with Crippen molar-refractivity contribution in [1.82, 2.24) is 14.5 Å². The number of pyridine rings is 1. The van der Waals surface area contributed by atoms with Crippen LogP contribution in [0.1, 0.15) is 42.6 Å².